The molecule has 1 fully saturated rings. The van der Waals surface area contributed by atoms with Crippen LogP contribution in [0.25, 0.3) is 0 Å². The summed E-state index contributed by atoms with van der Waals surface area (Å²) in [5.74, 6) is 0. The first-order valence-corrected chi connectivity index (χ1v) is 8.19. The Hall–Kier alpha value is -2.04. The van der Waals surface area contributed by atoms with Crippen molar-refractivity contribution in [1.82, 2.24) is 10.3 Å². The third kappa shape index (κ3) is 5.93. The number of nitrogens with zero attached hydrogens (tertiary/aromatic N) is 2. The smallest absolute Gasteiger partial charge is 0.408 e. The van der Waals surface area contributed by atoms with Gasteiger partial charge in [0.05, 0.1) is 12.3 Å². The summed E-state index contributed by atoms with van der Waals surface area (Å²) in [4.78, 5) is 12.1. The Morgan fingerprint density at radius 1 is 1.35 bits per heavy atom. The normalized spacial score (nSPS) is 16.6. The van der Waals surface area contributed by atoms with E-state index in [1.54, 1.807) is 6.21 Å². The standard InChI is InChI=1S/C18H27N3O2/c1-14-8-7-9-15(12-14)16(13-19-21-10-5-6-11-21)20-17(22)23-18(2,3)4/h7-9,12-13,16H,5-6,10-11H2,1-4H3,(H,20,22)/b19-13+/t16-/m0/s1. The van der Waals surface area contributed by atoms with Gasteiger partial charge in [0.2, 0.25) is 0 Å². The molecule has 126 valence electrons. The van der Waals surface area contributed by atoms with E-state index in [1.807, 2.05) is 50.9 Å². The number of hydrazone groups is 1. The van der Waals surface area contributed by atoms with Gasteiger partial charge in [0, 0.05) is 13.1 Å². The predicted molar refractivity (Wildman–Crippen MR) is 92.6 cm³/mol. The van der Waals surface area contributed by atoms with Crippen molar-refractivity contribution in [2.45, 2.75) is 52.2 Å². The fourth-order valence-electron chi connectivity index (χ4n) is 2.48. The molecule has 1 aliphatic rings. The highest BCUT2D eigenvalue weighted by molar-refractivity contribution is 5.76. The second-order valence-corrected chi connectivity index (χ2v) is 6.96. The van der Waals surface area contributed by atoms with Crippen molar-refractivity contribution in [3.8, 4) is 0 Å². The molecule has 2 rings (SSSR count). The van der Waals surface area contributed by atoms with E-state index in [0.717, 1.165) is 24.2 Å². The van der Waals surface area contributed by atoms with Crippen LogP contribution in [0, 0.1) is 6.92 Å². The zero-order valence-corrected chi connectivity index (χ0v) is 14.5. The van der Waals surface area contributed by atoms with Crippen LogP contribution in [0.15, 0.2) is 29.4 Å². The molecule has 1 saturated heterocycles. The van der Waals surface area contributed by atoms with Crippen LogP contribution in [0.3, 0.4) is 0 Å². The average Bonchev–Trinajstić information content (AvgIpc) is 2.94. The van der Waals surface area contributed by atoms with Crippen molar-refractivity contribution in [3.05, 3.63) is 35.4 Å². The van der Waals surface area contributed by atoms with Crippen LogP contribution in [0.4, 0.5) is 4.79 Å². The van der Waals surface area contributed by atoms with Crippen LogP contribution in [-0.4, -0.2) is 36.0 Å². The average molecular weight is 317 g/mol. The van der Waals surface area contributed by atoms with Crippen LogP contribution in [-0.2, 0) is 4.74 Å². The summed E-state index contributed by atoms with van der Waals surface area (Å²) in [6.45, 7) is 9.55. The summed E-state index contributed by atoms with van der Waals surface area (Å²) in [6.07, 6.45) is 3.71. The molecule has 1 heterocycles. The summed E-state index contributed by atoms with van der Waals surface area (Å²) in [5.41, 5.74) is 1.62. The van der Waals surface area contributed by atoms with Crippen molar-refractivity contribution in [2.75, 3.05) is 13.1 Å². The molecule has 1 aliphatic heterocycles. The monoisotopic (exact) mass is 317 g/mol. The van der Waals surface area contributed by atoms with E-state index in [4.69, 9.17) is 4.74 Å². The fraction of sp³-hybridized carbons (Fsp3) is 0.556. The molecule has 1 amide bonds. The van der Waals surface area contributed by atoms with Gasteiger partial charge in [-0.2, -0.15) is 5.10 Å². The van der Waals surface area contributed by atoms with E-state index in [1.165, 1.54) is 12.8 Å². The van der Waals surface area contributed by atoms with Crippen molar-refractivity contribution in [1.29, 1.82) is 0 Å². The molecule has 0 bridgehead atoms. The van der Waals surface area contributed by atoms with Gasteiger partial charge in [-0.1, -0.05) is 29.8 Å². The van der Waals surface area contributed by atoms with E-state index in [9.17, 15) is 4.79 Å². The summed E-state index contributed by atoms with van der Waals surface area (Å²) in [6, 6.07) is 7.76. The van der Waals surface area contributed by atoms with E-state index in [0.29, 0.717) is 0 Å². The third-order valence-electron chi connectivity index (χ3n) is 3.53. The SMILES string of the molecule is Cc1cccc([C@H](/C=N/N2CCCC2)NC(=O)OC(C)(C)C)c1. The molecule has 1 N–H and O–H groups in total. The minimum atomic E-state index is -0.521. The molecule has 1 aromatic carbocycles. The van der Waals surface area contributed by atoms with Gasteiger partial charge in [0.1, 0.15) is 5.60 Å². The van der Waals surface area contributed by atoms with Crippen molar-refractivity contribution >= 4 is 12.3 Å². The molecule has 0 unspecified atom stereocenters. The van der Waals surface area contributed by atoms with Crippen LogP contribution >= 0.6 is 0 Å². The molecule has 23 heavy (non-hydrogen) atoms. The van der Waals surface area contributed by atoms with Crippen LogP contribution in [0.5, 0.6) is 0 Å². The Morgan fingerprint density at radius 2 is 2.04 bits per heavy atom. The number of carbonyl (C=O) groups excluding carboxylic acids is 1. The maximum absolute atomic E-state index is 12.1. The van der Waals surface area contributed by atoms with Crippen LogP contribution in [0.1, 0.15) is 50.8 Å². The van der Waals surface area contributed by atoms with Gasteiger partial charge >= 0.3 is 6.09 Å². The Morgan fingerprint density at radius 3 is 2.65 bits per heavy atom. The van der Waals surface area contributed by atoms with Crippen LogP contribution < -0.4 is 5.32 Å². The molecule has 0 spiro atoms. The second-order valence-electron chi connectivity index (χ2n) is 6.96. The molecule has 1 atom stereocenters. The minimum Gasteiger partial charge on any atom is -0.444 e. The number of aryl methyl sites for hydroxylation is 1. The van der Waals surface area contributed by atoms with Gasteiger partial charge in [-0.25, -0.2) is 4.79 Å². The first kappa shape index (κ1) is 17.3. The van der Waals surface area contributed by atoms with E-state index in [-0.39, 0.29) is 6.04 Å². The predicted octanol–water partition coefficient (Wildman–Crippen LogP) is 3.64. The third-order valence-corrected chi connectivity index (χ3v) is 3.53. The molecule has 0 aliphatic carbocycles. The van der Waals surface area contributed by atoms with E-state index in [2.05, 4.69) is 16.5 Å². The minimum absolute atomic E-state index is 0.301. The molecule has 1 aromatic rings. The number of hydrogen-bond donors (Lipinski definition) is 1. The van der Waals surface area contributed by atoms with Gasteiger partial charge < -0.3 is 10.1 Å². The number of carbonyl (C=O) groups is 1. The lowest BCUT2D eigenvalue weighted by Gasteiger charge is -2.22. The zero-order chi connectivity index (χ0) is 16.9. The Bertz CT molecular complexity index is 558. The Balaban J connectivity index is 2.12. The van der Waals surface area contributed by atoms with Gasteiger partial charge in [-0.3, -0.25) is 5.01 Å². The molecular weight excluding hydrogens is 290 g/mol. The van der Waals surface area contributed by atoms with Gasteiger partial charge in [0.25, 0.3) is 0 Å². The lowest BCUT2D eigenvalue weighted by molar-refractivity contribution is 0.0518. The lowest BCUT2D eigenvalue weighted by Crippen LogP contribution is -2.35. The quantitative estimate of drug-likeness (QED) is 0.863. The number of benzene rings is 1. The van der Waals surface area contributed by atoms with Crippen LogP contribution in [0.2, 0.25) is 0 Å². The summed E-state index contributed by atoms with van der Waals surface area (Å²) >= 11 is 0. The zero-order valence-electron chi connectivity index (χ0n) is 14.5. The fourth-order valence-corrected chi connectivity index (χ4v) is 2.48. The maximum Gasteiger partial charge on any atom is 0.408 e. The topological polar surface area (TPSA) is 53.9 Å². The van der Waals surface area contributed by atoms with Crippen molar-refractivity contribution in [2.24, 2.45) is 5.10 Å². The molecule has 0 saturated carbocycles. The number of alkyl carbamates (subject to hydrolysis) is 1. The number of nitrogens with one attached hydrogen (secondary N) is 1. The van der Waals surface area contributed by atoms with Gasteiger partial charge in [-0.05, 0) is 46.1 Å². The molecule has 5 heteroatoms. The molecule has 0 aromatic heterocycles. The number of amides is 1. The number of hydrogen-bond acceptors (Lipinski definition) is 4. The van der Waals surface area contributed by atoms with Crippen molar-refractivity contribution < 1.29 is 9.53 Å². The Labute approximate surface area is 138 Å². The molecular formula is C18H27N3O2. The maximum atomic E-state index is 12.1. The second kappa shape index (κ2) is 7.49. The van der Waals surface area contributed by atoms with Gasteiger partial charge in [0.15, 0.2) is 0 Å². The lowest BCUT2D eigenvalue weighted by atomic mass is 10.1. The molecule has 5 nitrogen and oxygen atoms in total. The highest BCUT2D eigenvalue weighted by Gasteiger charge is 2.20. The van der Waals surface area contributed by atoms with Gasteiger partial charge in [-0.15, -0.1) is 0 Å². The summed E-state index contributed by atoms with van der Waals surface area (Å²) in [7, 11) is 0. The largest absolute Gasteiger partial charge is 0.444 e. The highest BCUT2D eigenvalue weighted by Crippen LogP contribution is 2.16. The summed E-state index contributed by atoms with van der Waals surface area (Å²) in [5, 5.41) is 9.46. The first-order chi connectivity index (χ1) is 10.8. The van der Waals surface area contributed by atoms with E-state index < -0.39 is 11.7 Å². The Kier molecular flexibility index (Phi) is 5.64. The first-order valence-electron chi connectivity index (χ1n) is 8.19. The number of rotatable bonds is 4. The highest BCUT2D eigenvalue weighted by atomic mass is 16.6. The molecule has 0 radical (unpaired) electrons. The summed E-state index contributed by atoms with van der Waals surface area (Å²) < 4.78 is 5.37. The van der Waals surface area contributed by atoms with Crippen molar-refractivity contribution in [3.63, 3.8) is 0 Å². The van der Waals surface area contributed by atoms with E-state index >= 15 is 0 Å². The number of ether oxygens (including phenoxy) is 1.